The second-order valence-electron chi connectivity index (χ2n) is 25.5. The van der Waals surface area contributed by atoms with E-state index in [-0.39, 0.29) is 48.2 Å². The number of ether oxygens (including phenoxy) is 5. The summed E-state index contributed by atoms with van der Waals surface area (Å²) in [4.78, 5) is 61.2. The first-order chi connectivity index (χ1) is 45.5. The van der Waals surface area contributed by atoms with Crippen molar-refractivity contribution in [1.82, 2.24) is 0 Å². The highest BCUT2D eigenvalue weighted by Gasteiger charge is 2.28. The molecule has 14 heteroatoms. The first-order valence-corrected chi connectivity index (χ1v) is 42.2. The Bertz CT molecular complexity index is 2620. The van der Waals surface area contributed by atoms with Crippen LogP contribution in [0.2, 0.25) is 51.4 Å². The van der Waals surface area contributed by atoms with Gasteiger partial charge in [0.15, 0.2) is 0 Å². The quantitative estimate of drug-likeness (QED) is 0.0382. The lowest BCUT2D eigenvalue weighted by Gasteiger charge is -2.17. The van der Waals surface area contributed by atoms with Gasteiger partial charge in [0, 0.05) is 56.7 Å². The van der Waals surface area contributed by atoms with Crippen molar-refractivity contribution in [3.8, 4) is 11.1 Å². The first kappa shape index (κ1) is 103. The first-order valence-electron chi connectivity index (χ1n) is 34.8. The molecule has 0 spiro atoms. The fraction of sp³-hybridized carbons (Fsp3) is 0.518. The molecule has 0 atom stereocenters. The largest absolute Gasteiger partial charge is 0.466 e. The zero-order chi connectivity index (χ0) is 76.4. The van der Waals surface area contributed by atoms with Crippen LogP contribution in [0.25, 0.3) is 11.1 Å². The van der Waals surface area contributed by atoms with Crippen molar-refractivity contribution < 1.29 is 57.6 Å². The van der Waals surface area contributed by atoms with Crippen LogP contribution in [0.5, 0.6) is 0 Å². The van der Waals surface area contributed by atoms with E-state index in [2.05, 4.69) is 166 Å². The standard InChI is InChI=1S/C16H14O2.C9H10O2.C9H12O.C8H10.C7H16O2Si.C7H18Si.C6H12O2.C5H8O2.C5H12.C4H8.C3H6O.2C2H6/c1-11(17)18-10-16-14-8-4-2-6-12(14)13-7-3-5-9-15(13)16;1-8(10)11-7-9-5-3-2-4-6-9;1-2-8-3-5-9(7-10)6-4-8;1-2-8-6-4-3-5-7-8;1-7(8)9-5-6-10(2,3)4;1-7(2)6-8(3,4)5;1-5(2)4-8-6(3)7;1-3-4-7-5(2)6;1-4-5(2)3;1-3-4-2;1-3(2)4;2*1-2/h2-9,16H,10H2,1H3;2-6H,7H2,1H3;3-6,10H,2,7H2,1H3;3-7H,2H2,1H3;5-6H2,1-4H3;7H,6H2,1-5H3;5H,4H2,1-3H3;3H,1,4H2,2H3;5H,4H2,1-3H3;3H,1,4H2,2H3;1-2H3;2*1-2H3. The number of benzene rings is 5. The molecule has 0 aliphatic heterocycles. The number of Topliss-reactive ketones (excluding diaryl/α,β-unsaturated/α-hetero) is 1. The molecule has 5 aromatic rings. The van der Waals surface area contributed by atoms with Gasteiger partial charge in [-0.1, -0.05) is 301 Å². The molecule has 0 aromatic heterocycles. The van der Waals surface area contributed by atoms with Gasteiger partial charge in [0.1, 0.15) is 25.6 Å². The van der Waals surface area contributed by atoms with E-state index in [1.807, 2.05) is 133 Å². The normalized spacial score (nSPS) is 9.89. The monoisotopic (exact) mass is 1380 g/mol. The molecule has 6 rings (SSSR count). The summed E-state index contributed by atoms with van der Waals surface area (Å²) in [7, 11) is -1.72. The number of aryl methyl sites for hydroxylation is 2. The van der Waals surface area contributed by atoms with Crippen LogP contribution in [0, 0.1) is 17.8 Å². The Kier molecular flexibility index (Phi) is 73.5. The van der Waals surface area contributed by atoms with Crippen molar-refractivity contribution in [3.63, 3.8) is 0 Å². The van der Waals surface area contributed by atoms with Crippen molar-refractivity contribution in [2.75, 3.05) is 26.4 Å². The zero-order valence-corrected chi connectivity index (χ0v) is 68.0. The number of aliphatic hydroxyl groups excluding tert-OH is 1. The molecule has 0 heterocycles. The molecule has 1 N–H and O–H groups in total. The number of fused-ring (bicyclic) bond motifs is 3. The van der Waals surface area contributed by atoms with Gasteiger partial charge in [-0.3, -0.25) is 24.0 Å². The number of hydrogen-bond donors (Lipinski definition) is 1. The minimum atomic E-state index is -1.00. The molecule has 1 aliphatic rings. The molecule has 0 bridgehead atoms. The van der Waals surface area contributed by atoms with Gasteiger partial charge in [-0.15, -0.1) is 6.58 Å². The maximum absolute atomic E-state index is 11.0. The van der Waals surface area contributed by atoms with Crippen molar-refractivity contribution in [2.45, 2.75) is 242 Å². The maximum Gasteiger partial charge on any atom is 0.302 e. The van der Waals surface area contributed by atoms with Crippen LogP contribution >= 0.6 is 0 Å². The van der Waals surface area contributed by atoms with E-state index in [0.717, 1.165) is 48.3 Å². The highest BCUT2D eigenvalue weighted by atomic mass is 28.3. The second-order valence-corrected chi connectivity index (χ2v) is 36.6. The maximum atomic E-state index is 11.0. The Morgan fingerprint density at radius 3 is 1.06 bits per heavy atom. The Labute approximate surface area is 595 Å². The van der Waals surface area contributed by atoms with Crippen LogP contribution in [-0.4, -0.2) is 83.3 Å². The number of ketones is 1. The molecule has 0 saturated carbocycles. The summed E-state index contributed by atoms with van der Waals surface area (Å²) in [6.45, 7) is 63.0. The topological polar surface area (TPSA) is 169 Å². The van der Waals surface area contributed by atoms with E-state index in [1.54, 1.807) is 0 Å². The number of hydrogen-bond acceptors (Lipinski definition) is 12. The summed E-state index contributed by atoms with van der Waals surface area (Å²) in [5.74, 6) is 1.47. The van der Waals surface area contributed by atoms with Crippen LogP contribution in [0.4, 0.5) is 0 Å². The molecule has 97 heavy (non-hydrogen) atoms. The molecule has 1 aliphatic carbocycles. The van der Waals surface area contributed by atoms with Gasteiger partial charge in [-0.25, -0.2) is 0 Å². The number of aliphatic hydroxyl groups is 1. The van der Waals surface area contributed by atoms with Gasteiger partial charge in [0.05, 0.1) is 19.8 Å². The Hall–Kier alpha value is -7.01. The Morgan fingerprint density at radius 2 is 0.804 bits per heavy atom. The van der Waals surface area contributed by atoms with E-state index >= 15 is 0 Å². The average molecular weight is 1380 g/mol. The third kappa shape index (κ3) is 77.9. The number of carbonyl (C=O) groups is 6. The van der Waals surface area contributed by atoms with Gasteiger partial charge in [0.25, 0.3) is 0 Å². The lowest BCUT2D eigenvalue weighted by Crippen LogP contribution is -2.22. The van der Waals surface area contributed by atoms with E-state index in [0.29, 0.717) is 39.0 Å². The molecule has 0 radical (unpaired) electrons. The second kappa shape index (κ2) is 68.9. The lowest BCUT2D eigenvalue weighted by atomic mass is 9.98. The van der Waals surface area contributed by atoms with Crippen molar-refractivity contribution >= 4 is 51.8 Å². The van der Waals surface area contributed by atoms with Crippen LogP contribution in [0.15, 0.2) is 159 Å². The van der Waals surface area contributed by atoms with Gasteiger partial charge >= 0.3 is 29.8 Å². The predicted molar refractivity (Wildman–Crippen MR) is 421 cm³/mol. The number of esters is 5. The van der Waals surface area contributed by atoms with Crippen LogP contribution in [-0.2, 0) is 78.5 Å². The fourth-order valence-electron chi connectivity index (χ4n) is 7.18. The summed E-state index contributed by atoms with van der Waals surface area (Å²) in [5.41, 5.74) is 9.74. The van der Waals surface area contributed by atoms with Gasteiger partial charge in [-0.05, 0) is 101 Å². The molecule has 12 nitrogen and oxygen atoms in total. The zero-order valence-electron chi connectivity index (χ0n) is 66.0. The minimum Gasteiger partial charge on any atom is -0.466 e. The van der Waals surface area contributed by atoms with Gasteiger partial charge in [-0.2, -0.15) is 0 Å². The van der Waals surface area contributed by atoms with Gasteiger partial charge in [0.2, 0.25) is 0 Å². The third-order valence-electron chi connectivity index (χ3n) is 11.9. The van der Waals surface area contributed by atoms with Crippen LogP contribution in [0.1, 0.15) is 198 Å². The van der Waals surface area contributed by atoms with E-state index < -0.39 is 16.1 Å². The molecule has 0 unspecified atom stereocenters. The molecule has 550 valence electrons. The predicted octanol–water partition coefficient (Wildman–Crippen LogP) is 22.2. The smallest absolute Gasteiger partial charge is 0.302 e. The van der Waals surface area contributed by atoms with E-state index in [9.17, 15) is 28.8 Å². The summed E-state index contributed by atoms with van der Waals surface area (Å²) in [6, 6.07) is 47.2. The SMILES string of the molecule is C=CCC.C=CCOC(C)=O.CC.CC.CC(=O)OCC(C)C.CC(=O)OCC1c2ccccc2-c2ccccc21.CC(=O)OCC[Si](C)(C)C.CC(=O)OCc1ccccc1.CC(C)=O.CC(C)C[Si](C)(C)C.CCC(C)C.CCc1ccc(CO)cc1.CCc1ccccc1. The molecule has 0 fully saturated rings. The summed E-state index contributed by atoms with van der Waals surface area (Å²) in [5, 5.41) is 8.70. The summed E-state index contributed by atoms with van der Waals surface area (Å²) in [6.07, 6.45) is 7.99. The molecule has 0 amide bonds. The summed E-state index contributed by atoms with van der Waals surface area (Å²) >= 11 is 0. The highest BCUT2D eigenvalue weighted by Crippen LogP contribution is 2.44. The van der Waals surface area contributed by atoms with E-state index in [1.165, 1.54) is 100 Å². The molecular weight excluding hydrogens is 1250 g/mol. The van der Waals surface area contributed by atoms with Gasteiger partial charge < -0.3 is 33.6 Å². The highest BCUT2D eigenvalue weighted by molar-refractivity contribution is 6.76. The minimum absolute atomic E-state index is 0.143. The number of allylic oxidation sites excluding steroid dienone is 1. The van der Waals surface area contributed by atoms with Crippen molar-refractivity contribution in [2.24, 2.45) is 17.8 Å². The lowest BCUT2D eigenvalue weighted by molar-refractivity contribution is -0.143. The molecular formula is C83H138O12Si2. The third-order valence-corrected chi connectivity index (χ3v) is 15.6. The van der Waals surface area contributed by atoms with Crippen LogP contribution in [0.3, 0.4) is 0 Å². The molecule has 5 aromatic carbocycles. The number of rotatable bonds is 18. The molecule has 0 saturated heterocycles. The Morgan fingerprint density at radius 1 is 0.454 bits per heavy atom. The number of carbonyl (C=O) groups excluding carboxylic acids is 6. The van der Waals surface area contributed by atoms with Crippen LogP contribution < -0.4 is 0 Å². The average Bonchev–Trinajstić information content (AvgIpc) is 1.62. The van der Waals surface area contributed by atoms with E-state index in [4.69, 9.17) is 19.3 Å². The summed E-state index contributed by atoms with van der Waals surface area (Å²) < 4.78 is 23.9. The fourth-order valence-corrected chi connectivity index (χ4v) is 10.3. The van der Waals surface area contributed by atoms with Crippen molar-refractivity contribution in [3.05, 3.63) is 192 Å². The Balaban J connectivity index is -0.000000188. The van der Waals surface area contributed by atoms with Crippen molar-refractivity contribution in [1.29, 1.82) is 0 Å².